The summed E-state index contributed by atoms with van der Waals surface area (Å²) < 4.78 is 38.8. The molecule has 8 nitrogen and oxygen atoms in total. The first-order valence-corrected chi connectivity index (χ1v) is 50.3. The van der Waals surface area contributed by atoms with Crippen molar-refractivity contribution in [3.63, 3.8) is 0 Å². The largest absolute Gasteiger partial charge is 0.414 e. The average Bonchev–Trinajstić information content (AvgIpc) is 1.61. The highest BCUT2D eigenvalue weighted by atomic mass is 28.4. The number of fused-ring (bicyclic) bond motifs is 3. The minimum atomic E-state index is -1.76. The normalized spacial score (nSPS) is 34.9. The first-order chi connectivity index (χ1) is 47.0. The summed E-state index contributed by atoms with van der Waals surface area (Å²) >= 11 is 0. The molecular formula is C94H168O8Si3. The molecule has 10 aliphatic rings. The van der Waals surface area contributed by atoms with E-state index in [1.807, 2.05) is 20.8 Å². The van der Waals surface area contributed by atoms with Gasteiger partial charge in [0.05, 0.1) is 36.1 Å². The van der Waals surface area contributed by atoms with Crippen LogP contribution in [0.4, 0.5) is 0 Å². The van der Waals surface area contributed by atoms with E-state index in [1.165, 1.54) is 130 Å². The highest BCUT2D eigenvalue weighted by Crippen LogP contribution is 2.62. The van der Waals surface area contributed by atoms with Crippen LogP contribution in [-0.2, 0) is 27.5 Å². The Morgan fingerprint density at radius 3 is 1.04 bits per heavy atom. The van der Waals surface area contributed by atoms with E-state index in [-0.39, 0.29) is 66.7 Å². The minimum Gasteiger partial charge on any atom is -0.414 e. The molecular weight excluding hydrogens is 1340 g/mol. The molecule has 1 unspecified atom stereocenters. The summed E-state index contributed by atoms with van der Waals surface area (Å²) in [6, 6.07) is 0. The predicted octanol–water partition coefficient (Wildman–Crippen LogP) is 27.0. The summed E-state index contributed by atoms with van der Waals surface area (Å²) in [4.78, 5) is 0. The standard InChI is InChI=1S/C32H54O3Si.C32H56O3Si.C27H46O2Si.3CH4/c1-22-13-16-26(35-36(9,10)30(3,4)5)20-25(22)15-14-24-12-11-19-32(8)27(17-18-28(24)32)23(2)33-21-29-31(6,7)34-29;1-23-13-16-27(35-36(9,10)30(3,4)5)22-26(23)15-14-25-12-11-19-32(8)28(17-18-29(25)32)24(2)34-21-20-31(6,7)33;1-19-11-14-23(29-30(7,8)26(3,4)5)18-22(19)13-12-21-10-9-17-27(6)24(20(2)28)15-16-25(21)27;;;/h14-15,23,26-29H,1,11-13,16-21H2,2-10H3;14-15,24,27-29,33H,1,11-13,16-22H2,2-10H3;12-13,20,23-25,28H,1,9-11,14-18H2,2-8H3;3*1H4/b24-14+,25-15+;25-14+,26-15+;21-12+,22-13+;;;/t23-,26-,27+,28-,29?,32+;24-,27-,28+,29-,32+;20-,23-,24+,25-,27+;;;/m000.../s1. The molecule has 10 rings (SSSR count). The fraction of sp³-hybridized carbons (Fsp3) is 0.809. The number of hydrogen-bond donors (Lipinski definition) is 2. The van der Waals surface area contributed by atoms with Gasteiger partial charge in [0.1, 0.15) is 6.10 Å². The van der Waals surface area contributed by atoms with Gasteiger partial charge in [-0.2, -0.15) is 0 Å². The lowest BCUT2D eigenvalue weighted by molar-refractivity contribution is -0.0454. The maximum atomic E-state index is 10.3. The minimum absolute atomic E-state index is 0. The van der Waals surface area contributed by atoms with Crippen molar-refractivity contribution >= 4 is 25.0 Å². The van der Waals surface area contributed by atoms with E-state index in [4.69, 9.17) is 27.5 Å². The van der Waals surface area contributed by atoms with Crippen LogP contribution < -0.4 is 0 Å². The Morgan fingerprint density at radius 2 is 0.752 bits per heavy atom. The zero-order valence-corrected chi connectivity index (χ0v) is 73.5. The van der Waals surface area contributed by atoms with Gasteiger partial charge in [-0.25, -0.2) is 0 Å². The van der Waals surface area contributed by atoms with Crippen LogP contribution in [-0.4, -0.2) is 102 Å². The second kappa shape index (κ2) is 36.4. The lowest BCUT2D eigenvalue weighted by atomic mass is 9.62. The van der Waals surface area contributed by atoms with Gasteiger partial charge in [-0.15, -0.1) is 0 Å². The van der Waals surface area contributed by atoms with Crippen molar-refractivity contribution in [2.45, 2.75) is 423 Å². The predicted molar refractivity (Wildman–Crippen MR) is 461 cm³/mol. The van der Waals surface area contributed by atoms with Crippen molar-refractivity contribution in [3.05, 3.63) is 106 Å². The first-order valence-electron chi connectivity index (χ1n) is 41.6. The van der Waals surface area contributed by atoms with Crippen molar-refractivity contribution in [1.82, 2.24) is 0 Å². The molecule has 0 bridgehead atoms. The van der Waals surface area contributed by atoms with Gasteiger partial charge in [0.25, 0.3) is 0 Å². The van der Waals surface area contributed by atoms with E-state index >= 15 is 0 Å². The van der Waals surface area contributed by atoms with Gasteiger partial charge >= 0.3 is 0 Å². The number of epoxide rings is 1. The Hall–Kier alpha value is -2.01. The number of aliphatic hydroxyl groups excluding tert-OH is 1. The molecule has 1 aliphatic heterocycles. The second-order valence-corrected chi connectivity index (χ2v) is 55.5. The van der Waals surface area contributed by atoms with E-state index in [9.17, 15) is 10.2 Å². The van der Waals surface area contributed by atoms with Gasteiger partial charge in [0.2, 0.25) is 0 Å². The molecule has 0 aromatic carbocycles. The molecule has 0 amide bonds. The van der Waals surface area contributed by atoms with Crippen LogP contribution in [0.25, 0.3) is 0 Å². The van der Waals surface area contributed by atoms with Gasteiger partial charge in [-0.3, -0.25) is 0 Å². The smallest absolute Gasteiger partial charge is 0.192 e. The van der Waals surface area contributed by atoms with Crippen molar-refractivity contribution in [3.8, 4) is 0 Å². The van der Waals surface area contributed by atoms with E-state index < -0.39 is 30.6 Å². The van der Waals surface area contributed by atoms with Gasteiger partial charge in [-0.1, -0.05) is 195 Å². The fourth-order valence-corrected chi connectivity index (χ4v) is 24.1. The molecule has 0 spiro atoms. The highest BCUT2D eigenvalue weighted by molar-refractivity contribution is 6.75. The summed E-state index contributed by atoms with van der Waals surface area (Å²) in [7, 11) is -5.26. The zero-order chi connectivity index (χ0) is 75.8. The van der Waals surface area contributed by atoms with Gasteiger partial charge in [0, 0.05) is 24.9 Å². The second-order valence-electron chi connectivity index (χ2n) is 41.3. The number of hydrogen-bond acceptors (Lipinski definition) is 8. The van der Waals surface area contributed by atoms with Gasteiger partial charge < -0.3 is 37.7 Å². The van der Waals surface area contributed by atoms with Crippen LogP contribution in [0.3, 0.4) is 0 Å². The molecule has 0 radical (unpaired) electrons. The number of ether oxygens (including phenoxy) is 3. The summed E-state index contributed by atoms with van der Waals surface area (Å²) in [5, 5.41) is 21.1. The monoisotopic (exact) mass is 1510 g/mol. The Labute approximate surface area is 652 Å². The van der Waals surface area contributed by atoms with E-state index in [0.717, 1.165) is 64.4 Å². The fourth-order valence-electron chi connectivity index (χ4n) is 19.9. The summed E-state index contributed by atoms with van der Waals surface area (Å²) in [5.41, 5.74) is 13.3. The van der Waals surface area contributed by atoms with E-state index in [0.29, 0.717) is 83.8 Å². The molecule has 1 saturated heterocycles. The van der Waals surface area contributed by atoms with Crippen LogP contribution in [0, 0.1) is 51.8 Å². The molecule has 604 valence electrons. The van der Waals surface area contributed by atoms with Crippen molar-refractivity contribution in [1.29, 1.82) is 0 Å². The molecule has 0 aromatic rings. The number of allylic oxidation sites excluding steroid dienone is 12. The van der Waals surface area contributed by atoms with Crippen LogP contribution in [0.15, 0.2) is 106 Å². The third-order valence-corrected chi connectivity index (χ3v) is 43.5. The average molecular weight is 1510 g/mol. The summed E-state index contributed by atoms with van der Waals surface area (Å²) in [6.45, 7) is 71.9. The third-order valence-electron chi connectivity index (χ3n) is 29.9. The summed E-state index contributed by atoms with van der Waals surface area (Å²) in [5.74, 6) is 3.65. The Morgan fingerprint density at radius 1 is 0.457 bits per heavy atom. The topological polar surface area (TPSA) is 99.1 Å². The molecule has 0 aromatic heterocycles. The maximum Gasteiger partial charge on any atom is 0.192 e. The van der Waals surface area contributed by atoms with E-state index in [1.54, 1.807) is 16.7 Å². The quantitative estimate of drug-likeness (QED) is 0.0975. The van der Waals surface area contributed by atoms with Crippen molar-refractivity contribution in [2.24, 2.45) is 51.8 Å². The lowest BCUT2D eigenvalue weighted by Gasteiger charge is -2.44. The molecule has 1 heterocycles. The first kappa shape index (κ1) is 93.6. The zero-order valence-electron chi connectivity index (χ0n) is 70.5. The Balaban J connectivity index is 0.000000280. The molecule has 9 saturated carbocycles. The molecule has 105 heavy (non-hydrogen) atoms. The molecule has 9 aliphatic carbocycles. The maximum absolute atomic E-state index is 10.3. The summed E-state index contributed by atoms with van der Waals surface area (Å²) in [6.07, 6.45) is 45.3. The van der Waals surface area contributed by atoms with Gasteiger partial charge in [0.15, 0.2) is 25.0 Å². The van der Waals surface area contributed by atoms with Crippen molar-refractivity contribution < 1.29 is 37.7 Å². The van der Waals surface area contributed by atoms with Crippen LogP contribution >= 0.6 is 0 Å². The number of aliphatic hydroxyl groups is 2. The third kappa shape index (κ3) is 22.9. The highest BCUT2D eigenvalue weighted by Gasteiger charge is 2.55. The number of rotatable bonds is 19. The van der Waals surface area contributed by atoms with Crippen LogP contribution in [0.1, 0.15) is 314 Å². The molecule has 11 heteroatoms. The SMILES string of the molecule is C.C.C.C=C1CC[C@H](O[Si](C)(C)C(C)(C)C)C/C1=C\C=C1/CCC[C@]2(C)[C@@H]([C@H](C)O)CC[C@@H]12.C=C1CC[C@H](O[Si](C)(C)C(C)(C)C)C/C1=C\C=C1/CCC[C@]2(C)[C@@H]([C@H](C)OCC3OC3(C)C)CC[C@@H]12.C=C1CC[C@H](O[Si](C)(C)C(C)(C)C)C/C1=C\C=C1/CCC[C@]2(C)[C@@H]([C@H](C)OCCC(C)(C)O)CC[C@@H]12. The molecule has 16 atom stereocenters. The lowest BCUT2D eigenvalue weighted by Crippen LogP contribution is -2.44. The Bertz CT molecular complexity index is 3080. The van der Waals surface area contributed by atoms with Crippen LogP contribution in [0.2, 0.25) is 54.4 Å². The molecule has 2 N–H and O–H groups in total. The van der Waals surface area contributed by atoms with Crippen LogP contribution in [0.5, 0.6) is 0 Å². The molecule has 10 fully saturated rings. The van der Waals surface area contributed by atoms with E-state index in [2.05, 4.69) is 206 Å². The van der Waals surface area contributed by atoms with Crippen molar-refractivity contribution in [2.75, 3.05) is 13.2 Å². The Kier molecular flexibility index (Phi) is 32.5. The van der Waals surface area contributed by atoms with Gasteiger partial charge in [-0.05, 0) is 332 Å².